The smallest absolute Gasteiger partial charge is 0.294 e. The summed E-state index contributed by atoms with van der Waals surface area (Å²) in [4.78, 5) is 16.4. The zero-order chi connectivity index (χ0) is 18.1. The van der Waals surface area contributed by atoms with Gasteiger partial charge in [-0.2, -0.15) is 0 Å². The van der Waals surface area contributed by atoms with Crippen molar-refractivity contribution in [1.29, 1.82) is 0 Å². The molecule has 1 amide bonds. The van der Waals surface area contributed by atoms with Crippen LogP contribution in [0.25, 0.3) is 11.0 Å². The molecule has 4 rings (SSSR count). The predicted molar refractivity (Wildman–Crippen MR) is 105 cm³/mol. The van der Waals surface area contributed by atoms with E-state index in [-0.39, 0.29) is 5.91 Å². The first kappa shape index (κ1) is 17.2. The molecule has 0 aliphatic carbocycles. The van der Waals surface area contributed by atoms with E-state index in [1.54, 1.807) is 7.11 Å². The second-order valence-corrected chi connectivity index (χ2v) is 7.96. The first-order valence-electron chi connectivity index (χ1n) is 8.76. The summed E-state index contributed by atoms with van der Waals surface area (Å²) >= 11 is 1.82. The van der Waals surface area contributed by atoms with Gasteiger partial charge in [-0.25, -0.2) is 0 Å². The molecule has 0 N–H and O–H groups in total. The number of ether oxygens (including phenoxy) is 1. The van der Waals surface area contributed by atoms with Crippen LogP contribution in [0.3, 0.4) is 0 Å². The Morgan fingerprint density at radius 2 is 2.00 bits per heavy atom. The molecule has 0 saturated carbocycles. The monoisotopic (exact) mass is 367 g/mol. The number of nitrogens with zero attached hydrogens (tertiary/aromatic N) is 1. The van der Waals surface area contributed by atoms with Gasteiger partial charge in [0.25, 0.3) is 5.91 Å². The zero-order valence-corrected chi connectivity index (χ0v) is 15.7. The Bertz CT molecular complexity index is 949. The Hall–Kier alpha value is -2.24. The number of rotatable bonds is 3. The van der Waals surface area contributed by atoms with E-state index in [9.17, 15) is 4.79 Å². The molecule has 2 heterocycles. The van der Waals surface area contributed by atoms with Gasteiger partial charge in [-0.1, -0.05) is 37.3 Å². The number of carbonyl (C=O) groups is 1. The highest BCUT2D eigenvalue weighted by Crippen LogP contribution is 2.38. The van der Waals surface area contributed by atoms with Crippen molar-refractivity contribution >= 4 is 34.3 Å². The summed E-state index contributed by atoms with van der Waals surface area (Å²) in [5, 5.41) is 1.40. The Morgan fingerprint density at radius 3 is 2.85 bits per heavy atom. The molecule has 2 aromatic carbocycles. The molecule has 3 aromatic rings. The van der Waals surface area contributed by atoms with Crippen LogP contribution in [0.2, 0.25) is 0 Å². The van der Waals surface area contributed by atoms with Crippen LogP contribution in [-0.2, 0) is 11.3 Å². The van der Waals surface area contributed by atoms with E-state index >= 15 is 0 Å². The number of furan rings is 1. The zero-order valence-electron chi connectivity index (χ0n) is 14.9. The lowest BCUT2D eigenvalue weighted by Crippen LogP contribution is -2.32. The van der Waals surface area contributed by atoms with Gasteiger partial charge in [-0.05, 0) is 24.6 Å². The fourth-order valence-corrected chi connectivity index (χ4v) is 4.49. The molecule has 0 saturated heterocycles. The molecule has 0 bridgehead atoms. The van der Waals surface area contributed by atoms with Crippen molar-refractivity contribution in [3.05, 3.63) is 59.9 Å². The lowest BCUT2D eigenvalue weighted by Gasteiger charge is -2.22. The van der Waals surface area contributed by atoms with Crippen molar-refractivity contribution in [2.75, 3.05) is 18.6 Å². The average molecular weight is 367 g/mol. The third-order valence-electron chi connectivity index (χ3n) is 4.67. The highest BCUT2D eigenvalue weighted by Gasteiger charge is 2.29. The van der Waals surface area contributed by atoms with Crippen LogP contribution in [0.1, 0.15) is 29.5 Å². The van der Waals surface area contributed by atoms with Gasteiger partial charge in [0, 0.05) is 34.7 Å². The van der Waals surface area contributed by atoms with Crippen LogP contribution in [0, 0.1) is 0 Å². The van der Waals surface area contributed by atoms with Crippen LogP contribution >= 0.6 is 11.8 Å². The Labute approximate surface area is 157 Å². The number of benzene rings is 2. The van der Waals surface area contributed by atoms with Crippen molar-refractivity contribution in [2.24, 2.45) is 0 Å². The van der Waals surface area contributed by atoms with Crippen molar-refractivity contribution in [2.45, 2.75) is 30.1 Å². The van der Waals surface area contributed by atoms with Crippen molar-refractivity contribution in [1.82, 2.24) is 0 Å². The van der Waals surface area contributed by atoms with Crippen LogP contribution in [0.15, 0.2) is 57.8 Å². The summed E-state index contributed by atoms with van der Waals surface area (Å²) in [6.07, 6.45) is 0.935. The standard InChI is InChI=1S/C21H21NO3S/c1-14-11-12-22(17-8-4-6-10-19(17)26-14)21(23)20-16(13-24-2)15-7-3-5-9-18(15)25-20/h3-10,14H,11-13H2,1-2H3/t14-/m0/s1. The Morgan fingerprint density at radius 1 is 1.23 bits per heavy atom. The molecule has 0 fully saturated rings. The topological polar surface area (TPSA) is 42.7 Å². The maximum atomic E-state index is 13.5. The second-order valence-electron chi connectivity index (χ2n) is 6.48. The second kappa shape index (κ2) is 7.17. The molecule has 1 atom stereocenters. The number of para-hydroxylation sites is 2. The fraction of sp³-hybridized carbons (Fsp3) is 0.286. The molecule has 1 aromatic heterocycles. The summed E-state index contributed by atoms with van der Waals surface area (Å²) in [6.45, 7) is 3.22. The third-order valence-corrected chi connectivity index (χ3v) is 5.91. The highest BCUT2D eigenvalue weighted by atomic mass is 32.2. The van der Waals surface area contributed by atoms with Gasteiger partial charge >= 0.3 is 0 Å². The van der Waals surface area contributed by atoms with Gasteiger partial charge in [-0.3, -0.25) is 4.79 Å². The van der Waals surface area contributed by atoms with E-state index in [4.69, 9.17) is 9.15 Å². The minimum absolute atomic E-state index is 0.101. The quantitative estimate of drug-likeness (QED) is 0.645. The Kier molecular flexibility index (Phi) is 4.74. The maximum absolute atomic E-state index is 13.5. The lowest BCUT2D eigenvalue weighted by atomic mass is 10.1. The number of amides is 1. The van der Waals surface area contributed by atoms with E-state index in [2.05, 4.69) is 13.0 Å². The predicted octanol–water partition coefficient (Wildman–Crippen LogP) is 5.11. The molecule has 0 radical (unpaired) electrons. The number of hydrogen-bond acceptors (Lipinski definition) is 4. The normalized spacial score (nSPS) is 17.2. The first-order chi connectivity index (χ1) is 12.7. The lowest BCUT2D eigenvalue weighted by molar-refractivity contribution is 0.0955. The molecule has 0 unspecified atom stereocenters. The Balaban J connectivity index is 1.81. The molecular formula is C21H21NO3S. The van der Waals surface area contributed by atoms with Crippen molar-refractivity contribution in [3.63, 3.8) is 0 Å². The minimum Gasteiger partial charge on any atom is -0.450 e. The van der Waals surface area contributed by atoms with Gasteiger partial charge < -0.3 is 14.1 Å². The molecule has 1 aliphatic rings. The van der Waals surface area contributed by atoms with Crippen molar-refractivity contribution in [3.8, 4) is 0 Å². The number of hydrogen-bond donors (Lipinski definition) is 0. The minimum atomic E-state index is -0.101. The number of carbonyl (C=O) groups excluding carboxylic acids is 1. The third kappa shape index (κ3) is 3.02. The van der Waals surface area contributed by atoms with E-state index in [1.807, 2.05) is 59.1 Å². The number of fused-ring (bicyclic) bond motifs is 2. The summed E-state index contributed by atoms with van der Waals surface area (Å²) in [5.41, 5.74) is 2.49. The van der Waals surface area contributed by atoms with E-state index in [0.29, 0.717) is 29.7 Å². The summed E-state index contributed by atoms with van der Waals surface area (Å²) in [6, 6.07) is 15.8. The van der Waals surface area contributed by atoms with Crippen LogP contribution in [0.5, 0.6) is 0 Å². The van der Waals surface area contributed by atoms with Crippen LogP contribution < -0.4 is 4.90 Å². The van der Waals surface area contributed by atoms with E-state index in [0.717, 1.165) is 28.0 Å². The molecule has 134 valence electrons. The van der Waals surface area contributed by atoms with Gasteiger partial charge in [-0.15, -0.1) is 11.8 Å². The largest absolute Gasteiger partial charge is 0.450 e. The van der Waals surface area contributed by atoms with E-state index in [1.165, 1.54) is 0 Å². The van der Waals surface area contributed by atoms with Crippen molar-refractivity contribution < 1.29 is 13.9 Å². The molecule has 1 aliphatic heterocycles. The average Bonchev–Trinajstić information content (AvgIpc) is 2.92. The highest BCUT2D eigenvalue weighted by molar-refractivity contribution is 8.00. The first-order valence-corrected chi connectivity index (χ1v) is 9.64. The van der Waals surface area contributed by atoms with Gasteiger partial charge in [0.2, 0.25) is 0 Å². The molecular weight excluding hydrogens is 346 g/mol. The summed E-state index contributed by atoms with van der Waals surface area (Å²) in [5.74, 6) is 0.276. The molecule has 4 nitrogen and oxygen atoms in total. The van der Waals surface area contributed by atoms with Gasteiger partial charge in [0.05, 0.1) is 12.3 Å². The summed E-state index contributed by atoms with van der Waals surface area (Å²) in [7, 11) is 1.63. The number of thioether (sulfide) groups is 1. The van der Waals surface area contributed by atoms with Crippen LogP contribution in [0.4, 0.5) is 5.69 Å². The molecule has 26 heavy (non-hydrogen) atoms. The summed E-state index contributed by atoms with van der Waals surface area (Å²) < 4.78 is 11.3. The van der Waals surface area contributed by atoms with Gasteiger partial charge in [0.15, 0.2) is 5.76 Å². The molecule has 0 spiro atoms. The SMILES string of the molecule is COCc1c(C(=O)N2CC[C@H](C)Sc3ccccc32)oc2ccccc12. The molecule has 5 heteroatoms. The van der Waals surface area contributed by atoms with Crippen LogP contribution in [-0.4, -0.2) is 24.8 Å². The van der Waals surface area contributed by atoms with E-state index < -0.39 is 0 Å². The number of anilines is 1. The fourth-order valence-electron chi connectivity index (χ4n) is 3.38. The maximum Gasteiger partial charge on any atom is 0.294 e. The van der Waals surface area contributed by atoms with Gasteiger partial charge in [0.1, 0.15) is 5.58 Å². The number of methoxy groups -OCH3 is 1.